The highest BCUT2D eigenvalue weighted by atomic mass is 32.2. The second-order valence-corrected chi connectivity index (χ2v) is 9.01. The zero-order valence-electron chi connectivity index (χ0n) is 17.6. The summed E-state index contributed by atoms with van der Waals surface area (Å²) in [5.74, 6) is 0. The van der Waals surface area contributed by atoms with Gasteiger partial charge >= 0.3 is 0 Å². The largest absolute Gasteiger partial charge is 0.361 e. The lowest BCUT2D eigenvalue weighted by molar-refractivity contribution is -0.708. The number of rotatable bonds is 4. The number of hydrogen-bond donors (Lipinski definition) is 1. The maximum Gasteiger partial charge on any atom is 0.179 e. The van der Waals surface area contributed by atoms with Crippen LogP contribution in [0.3, 0.4) is 0 Å². The fourth-order valence-corrected chi connectivity index (χ4v) is 5.47. The maximum absolute atomic E-state index is 3.39. The van der Waals surface area contributed by atoms with E-state index < -0.39 is 0 Å². The summed E-state index contributed by atoms with van der Waals surface area (Å²) in [6, 6.07) is 21.7. The molecule has 0 radical (unpaired) electrons. The minimum Gasteiger partial charge on any atom is -0.361 e. The van der Waals surface area contributed by atoms with E-state index in [1.807, 2.05) is 11.8 Å². The molecule has 0 unspecified atom stereocenters. The number of aromatic amines is 1. The topological polar surface area (TPSA) is 22.9 Å². The fourth-order valence-electron chi connectivity index (χ4n) is 4.35. The van der Waals surface area contributed by atoms with Gasteiger partial charge in [-0.3, -0.25) is 0 Å². The minimum absolute atomic E-state index is 0.983. The molecular formula is C26H26N3S+. The Morgan fingerprint density at radius 1 is 1.00 bits per heavy atom. The summed E-state index contributed by atoms with van der Waals surface area (Å²) in [5.41, 5.74) is 7.73. The van der Waals surface area contributed by atoms with Crippen molar-refractivity contribution in [2.45, 2.75) is 31.7 Å². The molecule has 1 N–H and O–H groups in total. The molecular weight excluding hydrogens is 386 g/mol. The van der Waals surface area contributed by atoms with Gasteiger partial charge in [0.1, 0.15) is 0 Å². The summed E-state index contributed by atoms with van der Waals surface area (Å²) in [6.07, 6.45) is 5.47. The number of nitrogens with one attached hydrogen (secondary N) is 1. The van der Waals surface area contributed by atoms with Crippen molar-refractivity contribution in [3.63, 3.8) is 0 Å². The number of nitrogens with zero attached hydrogens (tertiary/aromatic N) is 2. The lowest BCUT2D eigenvalue weighted by Crippen LogP contribution is -2.41. The summed E-state index contributed by atoms with van der Waals surface area (Å²) in [6.45, 7) is 5.41. The molecule has 30 heavy (non-hydrogen) atoms. The summed E-state index contributed by atoms with van der Waals surface area (Å²) < 4.78 is 2.42. The van der Waals surface area contributed by atoms with Crippen LogP contribution in [0.25, 0.3) is 17.0 Å². The first-order valence-corrected chi connectivity index (χ1v) is 11.2. The predicted octanol–water partition coefficient (Wildman–Crippen LogP) is 5.86. The van der Waals surface area contributed by atoms with E-state index >= 15 is 0 Å². The number of aryl methyl sites for hydroxylation is 3. The van der Waals surface area contributed by atoms with Gasteiger partial charge in [-0.25, -0.2) is 0 Å². The zero-order chi connectivity index (χ0) is 20.7. The second-order valence-electron chi connectivity index (χ2n) is 7.94. The van der Waals surface area contributed by atoms with Crippen LogP contribution in [-0.4, -0.2) is 12.0 Å². The van der Waals surface area contributed by atoms with E-state index in [1.165, 1.54) is 49.0 Å². The third-order valence-electron chi connectivity index (χ3n) is 5.94. The SMILES string of the molecule is Cc1cc(/C=C2/Sc3ccccc3N2C)cc(C)[n+]1CCc1c[nH]c2ccccc12. The average Bonchev–Trinajstić information content (AvgIpc) is 3.29. The van der Waals surface area contributed by atoms with Crippen LogP contribution in [0.4, 0.5) is 5.69 Å². The molecule has 2 aromatic heterocycles. The molecule has 0 fully saturated rings. The highest BCUT2D eigenvalue weighted by Crippen LogP contribution is 2.45. The molecule has 0 amide bonds. The standard InChI is InChI=1S/C26H26N3S/c1-18-14-20(16-26-28(3)24-10-6-7-11-25(24)30-26)15-19(2)29(18)13-12-21-17-27-23-9-5-4-8-22(21)23/h4-11,14-17,27H,12-13H2,1-3H3/q+1. The van der Waals surface area contributed by atoms with Crippen LogP contribution in [0.1, 0.15) is 22.5 Å². The Morgan fingerprint density at radius 3 is 2.53 bits per heavy atom. The molecule has 0 saturated heterocycles. The number of para-hydroxylation sites is 2. The van der Waals surface area contributed by atoms with E-state index in [2.05, 4.69) is 108 Å². The molecule has 1 aliphatic heterocycles. The first-order chi connectivity index (χ1) is 14.6. The van der Waals surface area contributed by atoms with E-state index in [1.54, 1.807) is 0 Å². The normalized spacial score (nSPS) is 14.6. The van der Waals surface area contributed by atoms with Crippen molar-refractivity contribution in [2.75, 3.05) is 11.9 Å². The number of hydrogen-bond acceptors (Lipinski definition) is 2. The van der Waals surface area contributed by atoms with Crippen LogP contribution in [0.5, 0.6) is 0 Å². The van der Waals surface area contributed by atoms with Crippen molar-refractivity contribution in [3.05, 3.63) is 94.4 Å². The highest BCUT2D eigenvalue weighted by molar-refractivity contribution is 8.03. The molecule has 5 rings (SSSR count). The van der Waals surface area contributed by atoms with Crippen molar-refractivity contribution >= 4 is 34.4 Å². The lowest BCUT2D eigenvalue weighted by Gasteiger charge is -2.13. The predicted molar refractivity (Wildman–Crippen MR) is 127 cm³/mol. The lowest BCUT2D eigenvalue weighted by atomic mass is 10.1. The summed E-state index contributed by atoms with van der Waals surface area (Å²) in [7, 11) is 2.15. The van der Waals surface area contributed by atoms with Gasteiger partial charge in [-0.15, -0.1) is 0 Å². The Balaban J connectivity index is 1.38. The van der Waals surface area contributed by atoms with Crippen molar-refractivity contribution in [3.8, 4) is 0 Å². The van der Waals surface area contributed by atoms with Crippen LogP contribution in [0.15, 0.2) is 76.8 Å². The van der Waals surface area contributed by atoms with Crippen LogP contribution < -0.4 is 9.47 Å². The second kappa shape index (κ2) is 7.69. The van der Waals surface area contributed by atoms with Crippen LogP contribution in [0, 0.1) is 13.8 Å². The van der Waals surface area contributed by atoms with Gasteiger partial charge in [0, 0.05) is 61.4 Å². The summed E-state index contributed by atoms with van der Waals surface area (Å²) >= 11 is 1.84. The Bertz CT molecular complexity index is 1250. The van der Waals surface area contributed by atoms with Crippen LogP contribution in [-0.2, 0) is 13.0 Å². The minimum atomic E-state index is 0.983. The van der Waals surface area contributed by atoms with Gasteiger partial charge in [0.05, 0.1) is 10.7 Å². The molecule has 0 aliphatic carbocycles. The Kier molecular flexibility index (Phi) is 4.87. The summed E-state index contributed by atoms with van der Waals surface area (Å²) in [5, 5.41) is 2.60. The van der Waals surface area contributed by atoms with Gasteiger partial charge in [-0.1, -0.05) is 42.1 Å². The molecule has 3 nitrogen and oxygen atoms in total. The van der Waals surface area contributed by atoms with E-state index in [4.69, 9.17) is 0 Å². The molecule has 0 bridgehead atoms. The van der Waals surface area contributed by atoms with Gasteiger partial charge < -0.3 is 9.88 Å². The third-order valence-corrected chi connectivity index (χ3v) is 7.11. The molecule has 1 aliphatic rings. The van der Waals surface area contributed by atoms with Crippen molar-refractivity contribution in [1.29, 1.82) is 0 Å². The van der Waals surface area contributed by atoms with E-state index in [9.17, 15) is 0 Å². The monoisotopic (exact) mass is 412 g/mol. The van der Waals surface area contributed by atoms with Crippen molar-refractivity contribution in [2.24, 2.45) is 0 Å². The molecule has 0 saturated carbocycles. The van der Waals surface area contributed by atoms with Gasteiger partial charge in [0.25, 0.3) is 0 Å². The maximum atomic E-state index is 3.39. The number of H-pyrrole nitrogens is 1. The Hall–Kier alpha value is -2.98. The fraction of sp³-hybridized carbons (Fsp3) is 0.192. The molecule has 2 aromatic carbocycles. The molecule has 0 spiro atoms. The van der Waals surface area contributed by atoms with Crippen molar-refractivity contribution < 1.29 is 4.57 Å². The molecule has 4 heteroatoms. The molecule has 3 heterocycles. The van der Waals surface area contributed by atoms with Gasteiger partial charge in [-0.2, -0.15) is 4.57 Å². The number of benzene rings is 2. The third kappa shape index (κ3) is 3.41. The number of fused-ring (bicyclic) bond motifs is 2. The Morgan fingerprint density at radius 2 is 1.73 bits per heavy atom. The number of aromatic nitrogens is 2. The van der Waals surface area contributed by atoms with E-state index in [-0.39, 0.29) is 0 Å². The number of pyridine rings is 1. The number of thioether (sulfide) groups is 1. The highest BCUT2D eigenvalue weighted by Gasteiger charge is 2.22. The quantitative estimate of drug-likeness (QED) is 0.425. The molecule has 4 aromatic rings. The molecule has 0 atom stereocenters. The van der Waals surface area contributed by atoms with Gasteiger partial charge in [0.15, 0.2) is 17.9 Å². The van der Waals surface area contributed by atoms with Crippen molar-refractivity contribution in [1.82, 2.24) is 4.98 Å². The zero-order valence-corrected chi connectivity index (χ0v) is 18.5. The van der Waals surface area contributed by atoms with Gasteiger partial charge in [0.2, 0.25) is 0 Å². The van der Waals surface area contributed by atoms with Crippen LogP contribution in [0.2, 0.25) is 0 Å². The van der Waals surface area contributed by atoms with E-state index in [0.717, 1.165) is 13.0 Å². The average molecular weight is 413 g/mol. The first-order valence-electron chi connectivity index (χ1n) is 10.4. The van der Waals surface area contributed by atoms with Gasteiger partial charge in [-0.05, 0) is 35.4 Å². The smallest absolute Gasteiger partial charge is 0.179 e. The van der Waals surface area contributed by atoms with E-state index in [0.29, 0.717) is 0 Å². The number of anilines is 1. The molecule has 150 valence electrons. The first kappa shape index (κ1) is 19.0. The van der Waals surface area contributed by atoms with Crippen LogP contribution >= 0.6 is 11.8 Å². The Labute approximate surface area is 182 Å². The summed E-state index contributed by atoms with van der Waals surface area (Å²) in [4.78, 5) is 6.99.